The standard InChI is InChI=1S/C15H24N2O3S/c1-11(2)16-15(18)6-7-17(21(5,19)20)14-9-12(3)8-13(4)10-14/h8-11H,6-7H2,1-5H3,(H,16,18). The van der Waals surface area contributed by atoms with Crippen LogP contribution in [0.1, 0.15) is 31.4 Å². The molecule has 0 radical (unpaired) electrons. The SMILES string of the molecule is Cc1cc(C)cc(N(CCC(=O)NC(C)C)S(C)(=O)=O)c1. The molecule has 0 heterocycles. The number of hydrogen-bond acceptors (Lipinski definition) is 3. The Morgan fingerprint density at radius 1 is 1.19 bits per heavy atom. The molecule has 1 amide bonds. The van der Waals surface area contributed by atoms with Crippen molar-refractivity contribution in [1.82, 2.24) is 5.32 Å². The molecule has 0 fully saturated rings. The lowest BCUT2D eigenvalue weighted by Crippen LogP contribution is -2.36. The van der Waals surface area contributed by atoms with E-state index in [1.54, 1.807) is 0 Å². The zero-order valence-electron chi connectivity index (χ0n) is 13.3. The van der Waals surface area contributed by atoms with E-state index in [1.165, 1.54) is 4.31 Å². The van der Waals surface area contributed by atoms with Gasteiger partial charge in [-0.1, -0.05) is 6.07 Å². The molecule has 0 saturated heterocycles. The molecule has 0 atom stereocenters. The monoisotopic (exact) mass is 312 g/mol. The molecule has 0 spiro atoms. The van der Waals surface area contributed by atoms with Crippen LogP contribution in [0, 0.1) is 13.8 Å². The van der Waals surface area contributed by atoms with Crippen molar-refractivity contribution in [2.75, 3.05) is 17.1 Å². The van der Waals surface area contributed by atoms with E-state index in [-0.39, 0.29) is 24.9 Å². The molecule has 0 unspecified atom stereocenters. The second-order valence-corrected chi connectivity index (χ2v) is 7.56. The summed E-state index contributed by atoms with van der Waals surface area (Å²) in [6, 6.07) is 5.66. The minimum atomic E-state index is -3.42. The van der Waals surface area contributed by atoms with Gasteiger partial charge in [0.05, 0.1) is 11.9 Å². The Morgan fingerprint density at radius 3 is 2.14 bits per heavy atom. The summed E-state index contributed by atoms with van der Waals surface area (Å²) in [5.74, 6) is -0.150. The molecule has 5 nitrogen and oxygen atoms in total. The zero-order valence-corrected chi connectivity index (χ0v) is 14.1. The molecule has 1 aromatic rings. The van der Waals surface area contributed by atoms with Crippen LogP contribution >= 0.6 is 0 Å². The van der Waals surface area contributed by atoms with Gasteiger partial charge in [0.2, 0.25) is 15.9 Å². The highest BCUT2D eigenvalue weighted by Gasteiger charge is 2.19. The van der Waals surface area contributed by atoms with Crippen molar-refractivity contribution in [3.63, 3.8) is 0 Å². The average molecular weight is 312 g/mol. The fourth-order valence-electron chi connectivity index (χ4n) is 2.18. The lowest BCUT2D eigenvalue weighted by Gasteiger charge is -2.23. The number of carbonyl (C=O) groups is 1. The maximum absolute atomic E-state index is 12.0. The third-order valence-corrected chi connectivity index (χ3v) is 4.08. The molecule has 6 heteroatoms. The van der Waals surface area contributed by atoms with Crippen molar-refractivity contribution in [1.29, 1.82) is 0 Å². The normalized spacial score (nSPS) is 11.5. The second-order valence-electron chi connectivity index (χ2n) is 5.65. The molecule has 1 rings (SSSR count). The second kappa shape index (κ2) is 6.93. The van der Waals surface area contributed by atoms with Gasteiger partial charge in [-0.25, -0.2) is 8.42 Å². The van der Waals surface area contributed by atoms with E-state index in [9.17, 15) is 13.2 Å². The Bertz CT molecular complexity index is 589. The molecule has 0 aromatic heterocycles. The molecule has 0 aliphatic rings. The number of nitrogens with one attached hydrogen (secondary N) is 1. The Labute approximate surface area is 127 Å². The summed E-state index contributed by atoms with van der Waals surface area (Å²) in [6.07, 6.45) is 1.29. The van der Waals surface area contributed by atoms with Crippen LogP contribution < -0.4 is 9.62 Å². The van der Waals surface area contributed by atoms with E-state index in [0.29, 0.717) is 5.69 Å². The largest absolute Gasteiger partial charge is 0.354 e. The van der Waals surface area contributed by atoms with Crippen molar-refractivity contribution in [2.45, 2.75) is 40.2 Å². The number of rotatable bonds is 6. The number of sulfonamides is 1. The van der Waals surface area contributed by atoms with Crippen molar-refractivity contribution in [2.24, 2.45) is 0 Å². The topological polar surface area (TPSA) is 66.5 Å². The molecule has 0 aliphatic carbocycles. The van der Waals surface area contributed by atoms with Gasteiger partial charge in [-0.2, -0.15) is 0 Å². The van der Waals surface area contributed by atoms with E-state index in [1.807, 2.05) is 45.9 Å². The fraction of sp³-hybridized carbons (Fsp3) is 0.533. The predicted octanol–water partition coefficient (Wildman–Crippen LogP) is 1.98. The molecule has 0 saturated carbocycles. The predicted molar refractivity (Wildman–Crippen MR) is 86.0 cm³/mol. The lowest BCUT2D eigenvalue weighted by molar-refractivity contribution is -0.121. The Balaban J connectivity index is 2.95. The summed E-state index contributed by atoms with van der Waals surface area (Å²) in [4.78, 5) is 11.7. The quantitative estimate of drug-likeness (QED) is 0.873. The van der Waals surface area contributed by atoms with Gasteiger partial charge in [0.1, 0.15) is 0 Å². The van der Waals surface area contributed by atoms with Crippen LogP contribution in [0.3, 0.4) is 0 Å². The van der Waals surface area contributed by atoms with Crippen LogP contribution in [0.5, 0.6) is 0 Å². The van der Waals surface area contributed by atoms with Crippen molar-refractivity contribution >= 4 is 21.6 Å². The highest BCUT2D eigenvalue weighted by molar-refractivity contribution is 7.92. The summed E-state index contributed by atoms with van der Waals surface area (Å²) in [7, 11) is -3.42. The number of aryl methyl sites for hydroxylation is 2. The number of hydrogen-bond donors (Lipinski definition) is 1. The van der Waals surface area contributed by atoms with Crippen molar-refractivity contribution in [3.8, 4) is 0 Å². The number of benzene rings is 1. The molecule has 118 valence electrons. The first kappa shape index (κ1) is 17.5. The zero-order chi connectivity index (χ0) is 16.2. The van der Waals surface area contributed by atoms with Crippen molar-refractivity contribution < 1.29 is 13.2 Å². The summed E-state index contributed by atoms with van der Waals surface area (Å²) in [5, 5.41) is 2.76. The number of anilines is 1. The van der Waals surface area contributed by atoms with Gasteiger partial charge >= 0.3 is 0 Å². The van der Waals surface area contributed by atoms with Crippen LogP contribution in [0.25, 0.3) is 0 Å². The maximum atomic E-state index is 12.0. The summed E-state index contributed by atoms with van der Waals surface area (Å²) in [5.41, 5.74) is 2.59. The highest BCUT2D eigenvalue weighted by Crippen LogP contribution is 2.21. The number of amides is 1. The summed E-state index contributed by atoms with van der Waals surface area (Å²) < 4.78 is 25.3. The first-order chi connectivity index (χ1) is 9.59. The Hall–Kier alpha value is -1.56. The fourth-order valence-corrected chi connectivity index (χ4v) is 3.09. The Kier molecular flexibility index (Phi) is 5.78. The smallest absolute Gasteiger partial charge is 0.232 e. The third-order valence-electron chi connectivity index (χ3n) is 2.89. The van der Waals surface area contributed by atoms with Gasteiger partial charge in [0.25, 0.3) is 0 Å². The average Bonchev–Trinajstić information content (AvgIpc) is 2.24. The minimum Gasteiger partial charge on any atom is -0.354 e. The Morgan fingerprint density at radius 2 is 1.71 bits per heavy atom. The molecular formula is C15H24N2O3S. The van der Waals surface area contributed by atoms with Crippen LogP contribution in [0.15, 0.2) is 18.2 Å². The van der Waals surface area contributed by atoms with E-state index >= 15 is 0 Å². The molecule has 1 N–H and O–H groups in total. The van der Waals surface area contributed by atoms with Gasteiger partial charge in [-0.05, 0) is 51.0 Å². The van der Waals surface area contributed by atoms with Gasteiger partial charge in [0.15, 0.2) is 0 Å². The molecule has 1 aromatic carbocycles. The number of nitrogens with zero attached hydrogens (tertiary/aromatic N) is 1. The highest BCUT2D eigenvalue weighted by atomic mass is 32.2. The van der Waals surface area contributed by atoms with Gasteiger partial charge in [-0.3, -0.25) is 9.10 Å². The summed E-state index contributed by atoms with van der Waals surface area (Å²) in [6.45, 7) is 7.72. The van der Waals surface area contributed by atoms with Gasteiger partial charge < -0.3 is 5.32 Å². The third kappa shape index (κ3) is 5.75. The van der Waals surface area contributed by atoms with Crippen LogP contribution in [-0.4, -0.2) is 33.2 Å². The van der Waals surface area contributed by atoms with Gasteiger partial charge in [0, 0.05) is 19.0 Å². The van der Waals surface area contributed by atoms with Crippen LogP contribution in [0.4, 0.5) is 5.69 Å². The van der Waals surface area contributed by atoms with E-state index < -0.39 is 10.0 Å². The number of carbonyl (C=O) groups excluding carboxylic acids is 1. The van der Waals surface area contributed by atoms with Gasteiger partial charge in [-0.15, -0.1) is 0 Å². The van der Waals surface area contributed by atoms with E-state index in [4.69, 9.17) is 0 Å². The minimum absolute atomic E-state index is 0.0467. The maximum Gasteiger partial charge on any atom is 0.232 e. The molecule has 0 bridgehead atoms. The van der Waals surface area contributed by atoms with E-state index in [2.05, 4.69) is 5.32 Å². The molecule has 0 aliphatic heterocycles. The van der Waals surface area contributed by atoms with Crippen molar-refractivity contribution in [3.05, 3.63) is 29.3 Å². The van der Waals surface area contributed by atoms with Crippen LogP contribution in [-0.2, 0) is 14.8 Å². The molecular weight excluding hydrogens is 288 g/mol. The summed E-state index contributed by atoms with van der Waals surface area (Å²) >= 11 is 0. The lowest BCUT2D eigenvalue weighted by atomic mass is 10.1. The first-order valence-electron chi connectivity index (χ1n) is 6.95. The van der Waals surface area contributed by atoms with Crippen LogP contribution in [0.2, 0.25) is 0 Å². The van der Waals surface area contributed by atoms with E-state index in [0.717, 1.165) is 17.4 Å². The first-order valence-corrected chi connectivity index (χ1v) is 8.80. The molecule has 21 heavy (non-hydrogen) atoms.